The van der Waals surface area contributed by atoms with Crippen molar-refractivity contribution in [2.75, 3.05) is 13.1 Å². The van der Waals surface area contributed by atoms with Gasteiger partial charge in [0.25, 0.3) is 0 Å². The number of hydrogen-bond acceptors (Lipinski definition) is 2. The predicted molar refractivity (Wildman–Crippen MR) is 68.7 cm³/mol. The lowest BCUT2D eigenvalue weighted by molar-refractivity contribution is 0.288. The third kappa shape index (κ3) is 4.45. The molecule has 0 saturated heterocycles. The van der Waals surface area contributed by atoms with E-state index in [-0.39, 0.29) is 5.84 Å². The maximum atomic E-state index is 7.22. The van der Waals surface area contributed by atoms with Crippen molar-refractivity contribution in [1.82, 2.24) is 4.90 Å². The summed E-state index contributed by atoms with van der Waals surface area (Å²) in [4.78, 5) is 2.30. The molecule has 0 fully saturated rings. The van der Waals surface area contributed by atoms with Gasteiger partial charge in [0.1, 0.15) is 0 Å². The second-order valence-corrected chi connectivity index (χ2v) is 4.13. The fourth-order valence-electron chi connectivity index (χ4n) is 1.58. The Balaban J connectivity index is 2.49. The molecule has 0 atom stereocenters. The standard InChI is InChI=1S/C13H21N3/c1-3-16(9-8-13(14)15)10-12-6-4-11(2)5-7-12/h4-7H,3,8-10H2,1-2H3,(H3,14,15). The van der Waals surface area contributed by atoms with Crippen molar-refractivity contribution < 1.29 is 0 Å². The smallest absolute Gasteiger partial charge is 0.0918 e. The van der Waals surface area contributed by atoms with Crippen molar-refractivity contribution in [2.24, 2.45) is 5.73 Å². The van der Waals surface area contributed by atoms with E-state index >= 15 is 0 Å². The molecule has 0 bridgehead atoms. The van der Waals surface area contributed by atoms with Crippen LogP contribution >= 0.6 is 0 Å². The monoisotopic (exact) mass is 219 g/mol. The van der Waals surface area contributed by atoms with Crippen LogP contribution in [-0.4, -0.2) is 23.8 Å². The molecule has 3 heteroatoms. The van der Waals surface area contributed by atoms with E-state index in [1.54, 1.807) is 0 Å². The molecule has 0 aliphatic carbocycles. The molecule has 0 amide bonds. The number of nitrogens with one attached hydrogen (secondary N) is 1. The normalized spacial score (nSPS) is 10.7. The minimum atomic E-state index is 0.266. The molecule has 0 aliphatic heterocycles. The quantitative estimate of drug-likeness (QED) is 0.569. The third-order valence-corrected chi connectivity index (χ3v) is 2.67. The highest BCUT2D eigenvalue weighted by molar-refractivity contribution is 5.76. The summed E-state index contributed by atoms with van der Waals surface area (Å²) in [5.74, 6) is 0.266. The van der Waals surface area contributed by atoms with Gasteiger partial charge >= 0.3 is 0 Å². The molecule has 1 aromatic rings. The van der Waals surface area contributed by atoms with E-state index in [0.717, 1.165) is 19.6 Å². The molecule has 3 N–H and O–H groups in total. The van der Waals surface area contributed by atoms with Crippen LogP contribution in [0.4, 0.5) is 0 Å². The molecule has 1 aromatic carbocycles. The Bertz CT molecular complexity index is 330. The lowest BCUT2D eigenvalue weighted by Crippen LogP contribution is -2.27. The maximum Gasteiger partial charge on any atom is 0.0918 e. The van der Waals surface area contributed by atoms with Crippen LogP contribution in [0.2, 0.25) is 0 Å². The van der Waals surface area contributed by atoms with E-state index < -0.39 is 0 Å². The van der Waals surface area contributed by atoms with Crippen molar-refractivity contribution in [3.63, 3.8) is 0 Å². The molecule has 1 rings (SSSR count). The summed E-state index contributed by atoms with van der Waals surface area (Å²) in [5.41, 5.74) is 7.97. The zero-order valence-corrected chi connectivity index (χ0v) is 10.2. The summed E-state index contributed by atoms with van der Waals surface area (Å²) in [5, 5.41) is 7.22. The fraction of sp³-hybridized carbons (Fsp3) is 0.462. The average molecular weight is 219 g/mol. The SMILES string of the molecule is CCN(CCC(=N)N)Cc1ccc(C)cc1. The van der Waals surface area contributed by atoms with Crippen molar-refractivity contribution in [1.29, 1.82) is 5.41 Å². The van der Waals surface area contributed by atoms with Crippen molar-refractivity contribution >= 4 is 5.84 Å². The Morgan fingerprint density at radius 2 is 1.94 bits per heavy atom. The van der Waals surface area contributed by atoms with Gasteiger partial charge in [-0.15, -0.1) is 0 Å². The van der Waals surface area contributed by atoms with Crippen LogP contribution in [-0.2, 0) is 6.54 Å². The first-order valence-corrected chi connectivity index (χ1v) is 5.72. The van der Waals surface area contributed by atoms with Gasteiger partial charge in [-0.05, 0) is 19.0 Å². The molecular weight excluding hydrogens is 198 g/mol. The highest BCUT2D eigenvalue weighted by Gasteiger charge is 2.03. The van der Waals surface area contributed by atoms with Crippen LogP contribution < -0.4 is 5.73 Å². The lowest BCUT2D eigenvalue weighted by atomic mass is 10.1. The van der Waals surface area contributed by atoms with Crippen molar-refractivity contribution in [3.8, 4) is 0 Å². The van der Waals surface area contributed by atoms with Crippen LogP contribution in [0.5, 0.6) is 0 Å². The first-order valence-electron chi connectivity index (χ1n) is 5.72. The van der Waals surface area contributed by atoms with Gasteiger partial charge < -0.3 is 5.73 Å². The van der Waals surface area contributed by atoms with Gasteiger partial charge in [0.05, 0.1) is 5.84 Å². The Hall–Kier alpha value is -1.35. The Morgan fingerprint density at radius 3 is 2.44 bits per heavy atom. The molecule has 3 nitrogen and oxygen atoms in total. The Kier molecular flexibility index (Phi) is 4.99. The van der Waals surface area contributed by atoms with Crippen LogP contribution in [0.15, 0.2) is 24.3 Å². The van der Waals surface area contributed by atoms with Gasteiger partial charge in [-0.1, -0.05) is 36.8 Å². The molecule has 88 valence electrons. The lowest BCUT2D eigenvalue weighted by Gasteiger charge is -2.20. The maximum absolute atomic E-state index is 7.22. The minimum absolute atomic E-state index is 0.266. The van der Waals surface area contributed by atoms with E-state index in [9.17, 15) is 0 Å². The molecule has 0 unspecified atom stereocenters. The number of nitrogens with zero attached hydrogens (tertiary/aromatic N) is 1. The summed E-state index contributed by atoms with van der Waals surface area (Å²) in [7, 11) is 0. The van der Waals surface area contributed by atoms with Gasteiger partial charge in [-0.25, -0.2) is 0 Å². The van der Waals surface area contributed by atoms with Gasteiger partial charge in [0.2, 0.25) is 0 Å². The molecule has 0 spiro atoms. The average Bonchev–Trinajstić information content (AvgIpc) is 2.26. The summed E-state index contributed by atoms with van der Waals surface area (Å²) in [6.45, 7) is 7.01. The number of rotatable bonds is 6. The van der Waals surface area contributed by atoms with Crippen LogP contribution in [0.25, 0.3) is 0 Å². The van der Waals surface area contributed by atoms with Crippen molar-refractivity contribution in [2.45, 2.75) is 26.8 Å². The van der Waals surface area contributed by atoms with E-state index in [0.29, 0.717) is 6.42 Å². The number of nitrogens with two attached hydrogens (primary N) is 1. The van der Waals surface area contributed by atoms with E-state index in [2.05, 4.69) is 43.0 Å². The van der Waals surface area contributed by atoms with Crippen LogP contribution in [0.3, 0.4) is 0 Å². The van der Waals surface area contributed by atoms with Gasteiger partial charge in [-0.3, -0.25) is 10.3 Å². The predicted octanol–water partition coefficient (Wildman–Crippen LogP) is 2.14. The van der Waals surface area contributed by atoms with E-state index in [4.69, 9.17) is 11.1 Å². The summed E-state index contributed by atoms with van der Waals surface area (Å²) in [6.07, 6.45) is 0.652. The molecule has 0 aliphatic rings. The second kappa shape index (κ2) is 6.28. The van der Waals surface area contributed by atoms with Crippen molar-refractivity contribution in [3.05, 3.63) is 35.4 Å². The first-order chi connectivity index (χ1) is 7.61. The van der Waals surface area contributed by atoms with Crippen LogP contribution in [0, 0.1) is 12.3 Å². The number of hydrogen-bond donors (Lipinski definition) is 2. The first kappa shape index (κ1) is 12.7. The molecule has 0 aromatic heterocycles. The van der Waals surface area contributed by atoms with E-state index in [1.807, 2.05) is 0 Å². The molecule has 0 heterocycles. The minimum Gasteiger partial charge on any atom is -0.388 e. The Morgan fingerprint density at radius 1 is 1.31 bits per heavy atom. The molecule has 0 radical (unpaired) electrons. The second-order valence-electron chi connectivity index (χ2n) is 4.13. The molecular formula is C13H21N3. The third-order valence-electron chi connectivity index (χ3n) is 2.67. The summed E-state index contributed by atoms with van der Waals surface area (Å²) in [6, 6.07) is 8.58. The highest BCUT2D eigenvalue weighted by atomic mass is 15.1. The summed E-state index contributed by atoms with van der Waals surface area (Å²) < 4.78 is 0. The number of benzene rings is 1. The molecule has 0 saturated carbocycles. The van der Waals surface area contributed by atoms with Gasteiger partial charge in [0.15, 0.2) is 0 Å². The zero-order chi connectivity index (χ0) is 12.0. The Labute approximate surface area is 97.8 Å². The number of amidine groups is 1. The van der Waals surface area contributed by atoms with Crippen LogP contribution in [0.1, 0.15) is 24.5 Å². The summed E-state index contributed by atoms with van der Waals surface area (Å²) >= 11 is 0. The van der Waals surface area contributed by atoms with Gasteiger partial charge in [0, 0.05) is 19.5 Å². The van der Waals surface area contributed by atoms with E-state index in [1.165, 1.54) is 11.1 Å². The highest BCUT2D eigenvalue weighted by Crippen LogP contribution is 2.07. The molecule has 16 heavy (non-hydrogen) atoms. The van der Waals surface area contributed by atoms with Gasteiger partial charge in [-0.2, -0.15) is 0 Å². The fourth-order valence-corrected chi connectivity index (χ4v) is 1.58. The number of aryl methyl sites for hydroxylation is 1. The largest absolute Gasteiger partial charge is 0.388 e. The topological polar surface area (TPSA) is 53.1 Å². The zero-order valence-electron chi connectivity index (χ0n) is 10.2.